The molecule has 0 aliphatic carbocycles. The van der Waals surface area contributed by atoms with Gasteiger partial charge in [0.1, 0.15) is 5.75 Å². The highest BCUT2D eigenvalue weighted by Gasteiger charge is 2.29. The third-order valence-electron chi connectivity index (χ3n) is 2.67. The molecule has 5 heteroatoms. The molecule has 19 heavy (non-hydrogen) atoms. The van der Waals surface area contributed by atoms with Gasteiger partial charge in [-0.1, -0.05) is 12.1 Å². The first-order chi connectivity index (χ1) is 9.19. The van der Waals surface area contributed by atoms with Crippen molar-refractivity contribution < 1.29 is 23.8 Å². The Morgan fingerprint density at radius 2 is 2.11 bits per heavy atom. The van der Waals surface area contributed by atoms with Gasteiger partial charge in [-0.25, -0.2) is 9.59 Å². The molecule has 0 radical (unpaired) electrons. The van der Waals surface area contributed by atoms with Crippen LogP contribution in [0.2, 0.25) is 0 Å². The highest BCUT2D eigenvalue weighted by molar-refractivity contribution is 5.89. The molecule has 1 aliphatic heterocycles. The summed E-state index contributed by atoms with van der Waals surface area (Å²) in [5.41, 5.74) is 0.840. The Hall–Kier alpha value is -2.30. The number of benzene rings is 1. The average Bonchev–Trinajstić information content (AvgIpc) is 2.82. The number of hydrogen-bond donors (Lipinski definition) is 0. The molecular formula is C14H14O5. The minimum absolute atomic E-state index is 0.305. The van der Waals surface area contributed by atoms with Gasteiger partial charge in [-0.05, 0) is 23.8 Å². The van der Waals surface area contributed by atoms with Crippen LogP contribution in [0.5, 0.6) is 5.75 Å². The predicted octanol–water partition coefficient (Wildman–Crippen LogP) is 1.57. The van der Waals surface area contributed by atoms with Crippen LogP contribution in [0.25, 0.3) is 6.08 Å². The van der Waals surface area contributed by atoms with E-state index in [0.29, 0.717) is 13.0 Å². The molecule has 0 aromatic heterocycles. The number of esters is 2. The van der Waals surface area contributed by atoms with Crippen LogP contribution in [-0.4, -0.2) is 31.8 Å². The maximum atomic E-state index is 11.5. The van der Waals surface area contributed by atoms with E-state index >= 15 is 0 Å². The van der Waals surface area contributed by atoms with Crippen molar-refractivity contribution in [1.29, 1.82) is 0 Å². The first-order valence-electron chi connectivity index (χ1n) is 5.88. The maximum absolute atomic E-state index is 11.5. The van der Waals surface area contributed by atoms with Crippen molar-refractivity contribution in [3.8, 4) is 5.75 Å². The van der Waals surface area contributed by atoms with Crippen LogP contribution in [0.1, 0.15) is 12.0 Å². The predicted molar refractivity (Wildman–Crippen MR) is 67.5 cm³/mol. The lowest BCUT2D eigenvalue weighted by Gasteiger charge is -2.05. The lowest BCUT2D eigenvalue weighted by atomic mass is 10.2. The molecule has 5 nitrogen and oxygen atoms in total. The Bertz CT molecular complexity index is 489. The first kappa shape index (κ1) is 13.1. The summed E-state index contributed by atoms with van der Waals surface area (Å²) in [5.74, 6) is -0.292. The van der Waals surface area contributed by atoms with Crippen molar-refractivity contribution in [1.82, 2.24) is 0 Å². The zero-order valence-corrected chi connectivity index (χ0v) is 10.5. The van der Waals surface area contributed by atoms with Gasteiger partial charge in [0.25, 0.3) is 0 Å². The van der Waals surface area contributed by atoms with Crippen molar-refractivity contribution in [2.75, 3.05) is 13.7 Å². The first-order valence-corrected chi connectivity index (χ1v) is 5.88. The van der Waals surface area contributed by atoms with Crippen molar-refractivity contribution in [3.63, 3.8) is 0 Å². The SMILES string of the molecule is COc1ccc(/C=C/C(=O)OC2CCOC2=O)cc1. The molecule has 100 valence electrons. The Labute approximate surface area is 110 Å². The molecule has 0 amide bonds. The van der Waals surface area contributed by atoms with Crippen LogP contribution in [0.15, 0.2) is 30.3 Å². The summed E-state index contributed by atoms with van der Waals surface area (Å²) in [6, 6.07) is 7.21. The number of hydrogen-bond acceptors (Lipinski definition) is 5. The molecule has 1 unspecified atom stereocenters. The summed E-state index contributed by atoms with van der Waals surface area (Å²) in [6.07, 6.45) is 2.55. The molecular weight excluding hydrogens is 248 g/mol. The van der Waals surface area contributed by atoms with Gasteiger partial charge in [0.05, 0.1) is 13.7 Å². The van der Waals surface area contributed by atoms with E-state index < -0.39 is 18.0 Å². The third kappa shape index (κ3) is 3.58. The van der Waals surface area contributed by atoms with Crippen molar-refractivity contribution >= 4 is 18.0 Å². The number of cyclic esters (lactones) is 1. The van der Waals surface area contributed by atoms with Crippen molar-refractivity contribution in [2.45, 2.75) is 12.5 Å². The van der Waals surface area contributed by atoms with E-state index in [4.69, 9.17) is 14.2 Å². The fourth-order valence-corrected chi connectivity index (χ4v) is 1.64. The molecule has 0 spiro atoms. The quantitative estimate of drug-likeness (QED) is 0.608. The molecule has 1 aliphatic rings. The number of carbonyl (C=O) groups excluding carboxylic acids is 2. The molecule has 1 fully saturated rings. The summed E-state index contributed by atoms with van der Waals surface area (Å²) < 4.78 is 14.7. The summed E-state index contributed by atoms with van der Waals surface area (Å²) in [6.45, 7) is 0.305. The van der Waals surface area contributed by atoms with E-state index in [1.165, 1.54) is 6.08 Å². The van der Waals surface area contributed by atoms with Crippen LogP contribution in [0.3, 0.4) is 0 Å². The van der Waals surface area contributed by atoms with Crippen LogP contribution >= 0.6 is 0 Å². The van der Waals surface area contributed by atoms with E-state index in [-0.39, 0.29) is 0 Å². The van der Waals surface area contributed by atoms with Gasteiger partial charge >= 0.3 is 11.9 Å². The van der Waals surface area contributed by atoms with Crippen LogP contribution in [-0.2, 0) is 19.1 Å². The Morgan fingerprint density at radius 1 is 1.37 bits per heavy atom. The van der Waals surface area contributed by atoms with Gasteiger partial charge in [-0.15, -0.1) is 0 Å². The molecule has 1 atom stereocenters. The number of methoxy groups -OCH3 is 1. The van der Waals surface area contributed by atoms with Gasteiger partial charge < -0.3 is 14.2 Å². The number of carbonyl (C=O) groups is 2. The standard InChI is InChI=1S/C14H14O5/c1-17-11-5-2-10(3-6-11)4-7-13(15)19-12-8-9-18-14(12)16/h2-7,12H,8-9H2,1H3/b7-4+. The second-order valence-corrected chi connectivity index (χ2v) is 3.99. The lowest BCUT2D eigenvalue weighted by molar-refractivity contribution is -0.156. The topological polar surface area (TPSA) is 61.8 Å². The molecule has 1 aromatic rings. The highest BCUT2D eigenvalue weighted by atomic mass is 16.6. The number of rotatable bonds is 4. The Kier molecular flexibility index (Phi) is 4.18. The lowest BCUT2D eigenvalue weighted by Crippen LogP contribution is -2.21. The van der Waals surface area contributed by atoms with E-state index in [0.717, 1.165) is 11.3 Å². The normalized spacial score (nSPS) is 18.4. The van der Waals surface area contributed by atoms with E-state index in [9.17, 15) is 9.59 Å². The summed E-state index contributed by atoms with van der Waals surface area (Å²) in [4.78, 5) is 22.6. The maximum Gasteiger partial charge on any atom is 0.347 e. The smallest absolute Gasteiger partial charge is 0.347 e. The Morgan fingerprint density at radius 3 is 2.68 bits per heavy atom. The minimum atomic E-state index is -0.770. The van der Waals surface area contributed by atoms with Crippen LogP contribution in [0, 0.1) is 0 Å². The van der Waals surface area contributed by atoms with Gasteiger partial charge in [-0.3, -0.25) is 0 Å². The third-order valence-corrected chi connectivity index (χ3v) is 2.67. The molecule has 1 aromatic carbocycles. The monoisotopic (exact) mass is 262 g/mol. The fraction of sp³-hybridized carbons (Fsp3) is 0.286. The second-order valence-electron chi connectivity index (χ2n) is 3.99. The Balaban J connectivity index is 1.90. The fourth-order valence-electron chi connectivity index (χ4n) is 1.64. The molecule has 0 N–H and O–H groups in total. The summed E-state index contributed by atoms with van der Waals surface area (Å²) in [5, 5.41) is 0. The molecule has 1 heterocycles. The zero-order chi connectivity index (χ0) is 13.7. The van der Waals surface area contributed by atoms with Crippen LogP contribution < -0.4 is 4.74 Å². The molecule has 0 bridgehead atoms. The van der Waals surface area contributed by atoms with Gasteiger partial charge in [-0.2, -0.15) is 0 Å². The molecule has 0 saturated carbocycles. The van der Waals surface area contributed by atoms with Gasteiger partial charge in [0.15, 0.2) is 0 Å². The van der Waals surface area contributed by atoms with E-state index in [1.807, 2.05) is 12.1 Å². The molecule has 1 saturated heterocycles. The van der Waals surface area contributed by atoms with Crippen LogP contribution in [0.4, 0.5) is 0 Å². The summed E-state index contributed by atoms with van der Waals surface area (Å²) >= 11 is 0. The zero-order valence-electron chi connectivity index (χ0n) is 10.5. The van der Waals surface area contributed by atoms with Gasteiger partial charge in [0, 0.05) is 12.5 Å². The number of ether oxygens (including phenoxy) is 3. The van der Waals surface area contributed by atoms with Gasteiger partial charge in [0.2, 0.25) is 6.10 Å². The van der Waals surface area contributed by atoms with Crippen molar-refractivity contribution in [2.24, 2.45) is 0 Å². The average molecular weight is 262 g/mol. The van der Waals surface area contributed by atoms with E-state index in [2.05, 4.69) is 0 Å². The summed E-state index contributed by atoms with van der Waals surface area (Å²) in [7, 11) is 1.59. The van der Waals surface area contributed by atoms with E-state index in [1.54, 1.807) is 25.3 Å². The van der Waals surface area contributed by atoms with Crippen molar-refractivity contribution in [3.05, 3.63) is 35.9 Å². The highest BCUT2D eigenvalue weighted by Crippen LogP contribution is 2.13. The molecule has 2 rings (SSSR count). The minimum Gasteiger partial charge on any atom is -0.497 e. The second kappa shape index (κ2) is 6.04. The largest absolute Gasteiger partial charge is 0.497 e.